The van der Waals surface area contributed by atoms with Crippen molar-refractivity contribution in [2.45, 2.75) is 32.8 Å². The number of aryl methyl sites for hydroxylation is 1. The molecule has 2 N–H and O–H groups in total. The summed E-state index contributed by atoms with van der Waals surface area (Å²) in [5.74, 6) is -2.51. The summed E-state index contributed by atoms with van der Waals surface area (Å²) in [6.07, 6.45) is -1.13. The molecule has 0 bridgehead atoms. The number of hydrogen-bond acceptors (Lipinski definition) is 6. The Morgan fingerprint density at radius 3 is 2.62 bits per heavy atom. The molecule has 1 aromatic carbocycles. The maximum Gasteiger partial charge on any atom is 0.348 e. The van der Waals surface area contributed by atoms with Gasteiger partial charge in [0.2, 0.25) is 6.10 Å². The lowest BCUT2D eigenvalue weighted by atomic mass is 9.80. The molecule has 1 fully saturated rings. The van der Waals surface area contributed by atoms with Crippen molar-refractivity contribution in [3.05, 3.63) is 23.3 Å². The van der Waals surface area contributed by atoms with Gasteiger partial charge in [-0.25, -0.2) is 4.79 Å². The van der Waals surface area contributed by atoms with E-state index in [9.17, 15) is 19.8 Å². The zero-order valence-electron chi connectivity index (χ0n) is 12.1. The highest BCUT2D eigenvalue weighted by Gasteiger charge is 2.43. The molecule has 1 heterocycles. The summed E-state index contributed by atoms with van der Waals surface area (Å²) in [6, 6.07) is 3.27. The van der Waals surface area contributed by atoms with Crippen LogP contribution in [-0.4, -0.2) is 34.9 Å². The zero-order valence-corrected chi connectivity index (χ0v) is 12.1. The molecule has 0 aromatic heterocycles. The van der Waals surface area contributed by atoms with Crippen molar-refractivity contribution in [1.29, 1.82) is 0 Å². The number of phenolic OH excluding ortho intramolecular Hbond substituents is 2. The Morgan fingerprint density at radius 1 is 1.33 bits per heavy atom. The highest BCUT2D eigenvalue weighted by molar-refractivity contribution is 5.81. The van der Waals surface area contributed by atoms with E-state index in [1.807, 2.05) is 6.92 Å². The lowest BCUT2D eigenvalue weighted by Crippen LogP contribution is -2.43. The van der Waals surface area contributed by atoms with Gasteiger partial charge in [-0.05, 0) is 12.5 Å². The number of carbonyl (C=O) groups is 2. The van der Waals surface area contributed by atoms with E-state index in [0.717, 1.165) is 0 Å². The van der Waals surface area contributed by atoms with Crippen LogP contribution in [0.1, 0.15) is 30.9 Å². The molecule has 0 aliphatic carbocycles. The summed E-state index contributed by atoms with van der Waals surface area (Å²) in [5, 5.41) is 20.0. The minimum atomic E-state index is -1.13. The lowest BCUT2D eigenvalue weighted by molar-refractivity contribution is -0.177. The van der Waals surface area contributed by atoms with Crippen molar-refractivity contribution in [3.63, 3.8) is 0 Å². The minimum Gasteiger partial charge on any atom is -0.504 e. The van der Waals surface area contributed by atoms with E-state index in [-0.39, 0.29) is 24.0 Å². The Bertz CT molecular complexity index is 580. The Balaban J connectivity index is 2.48. The molecule has 114 valence electrons. The minimum absolute atomic E-state index is 0.162. The van der Waals surface area contributed by atoms with Crippen LogP contribution in [0.25, 0.3) is 0 Å². The van der Waals surface area contributed by atoms with Gasteiger partial charge in [-0.2, -0.15) is 0 Å². The van der Waals surface area contributed by atoms with E-state index in [2.05, 4.69) is 0 Å². The van der Waals surface area contributed by atoms with E-state index < -0.39 is 24.0 Å². The van der Waals surface area contributed by atoms with E-state index in [1.54, 1.807) is 19.1 Å². The molecule has 0 radical (unpaired) electrons. The smallest absolute Gasteiger partial charge is 0.348 e. The van der Waals surface area contributed by atoms with Crippen LogP contribution in [0.5, 0.6) is 11.5 Å². The van der Waals surface area contributed by atoms with Crippen molar-refractivity contribution in [1.82, 2.24) is 0 Å². The van der Waals surface area contributed by atoms with E-state index in [1.165, 1.54) is 6.92 Å². The second-order valence-electron chi connectivity index (χ2n) is 5.33. The van der Waals surface area contributed by atoms with Crippen LogP contribution in [0.15, 0.2) is 12.1 Å². The van der Waals surface area contributed by atoms with Gasteiger partial charge in [0.15, 0.2) is 11.5 Å². The summed E-state index contributed by atoms with van der Waals surface area (Å²) in [6.45, 7) is 4.84. The molecule has 3 atom stereocenters. The van der Waals surface area contributed by atoms with E-state index >= 15 is 0 Å². The van der Waals surface area contributed by atoms with Crippen molar-refractivity contribution >= 4 is 11.9 Å². The predicted octanol–water partition coefficient (Wildman–Crippen LogP) is 1.61. The number of rotatable bonds is 2. The molecular formula is C15H18O6. The number of phenols is 2. The van der Waals surface area contributed by atoms with Crippen molar-refractivity contribution < 1.29 is 29.3 Å². The molecule has 2 rings (SSSR count). The number of esters is 2. The van der Waals surface area contributed by atoms with Gasteiger partial charge in [-0.3, -0.25) is 4.79 Å². The summed E-state index contributed by atoms with van der Waals surface area (Å²) in [5.41, 5.74) is 0.889. The summed E-state index contributed by atoms with van der Waals surface area (Å²) < 4.78 is 10.0. The van der Waals surface area contributed by atoms with Crippen LogP contribution in [0, 0.1) is 12.8 Å². The number of hydrogen-bond donors (Lipinski definition) is 2. The van der Waals surface area contributed by atoms with Crippen LogP contribution in [-0.2, 0) is 19.1 Å². The molecule has 1 saturated heterocycles. The summed E-state index contributed by atoms with van der Waals surface area (Å²) in [4.78, 5) is 23.1. The molecule has 0 saturated carbocycles. The fraction of sp³-hybridized carbons (Fsp3) is 0.467. The predicted molar refractivity (Wildman–Crippen MR) is 72.9 cm³/mol. The number of benzene rings is 1. The third kappa shape index (κ3) is 2.79. The van der Waals surface area contributed by atoms with Gasteiger partial charge in [-0.1, -0.05) is 19.1 Å². The van der Waals surface area contributed by atoms with Crippen LogP contribution in [0.3, 0.4) is 0 Å². The first-order valence-corrected chi connectivity index (χ1v) is 6.68. The SMILES string of the molecule is CC(=O)OC1C(=O)OCC(C)C1c1ccc(C)c(O)c1O. The maximum atomic E-state index is 11.9. The summed E-state index contributed by atoms with van der Waals surface area (Å²) in [7, 11) is 0. The molecule has 0 amide bonds. The first-order chi connectivity index (χ1) is 9.82. The van der Waals surface area contributed by atoms with E-state index in [4.69, 9.17) is 9.47 Å². The zero-order chi connectivity index (χ0) is 15.7. The first kappa shape index (κ1) is 15.2. The Morgan fingerprint density at radius 2 is 2.00 bits per heavy atom. The largest absolute Gasteiger partial charge is 0.504 e. The quantitative estimate of drug-likeness (QED) is 0.636. The molecule has 6 nitrogen and oxygen atoms in total. The second kappa shape index (κ2) is 5.63. The van der Waals surface area contributed by atoms with Crippen LogP contribution >= 0.6 is 0 Å². The van der Waals surface area contributed by atoms with Gasteiger partial charge < -0.3 is 19.7 Å². The van der Waals surface area contributed by atoms with Crippen molar-refractivity contribution in [3.8, 4) is 11.5 Å². The van der Waals surface area contributed by atoms with Crippen LogP contribution in [0.2, 0.25) is 0 Å². The highest BCUT2D eigenvalue weighted by Crippen LogP contribution is 2.43. The fourth-order valence-electron chi connectivity index (χ4n) is 2.58. The fourth-order valence-corrected chi connectivity index (χ4v) is 2.58. The Kier molecular flexibility index (Phi) is 4.06. The molecule has 3 unspecified atom stereocenters. The van der Waals surface area contributed by atoms with Gasteiger partial charge in [0.1, 0.15) is 0 Å². The Hall–Kier alpha value is -2.24. The topological polar surface area (TPSA) is 93.1 Å². The first-order valence-electron chi connectivity index (χ1n) is 6.68. The molecule has 1 aliphatic rings. The normalized spacial score (nSPS) is 25.3. The van der Waals surface area contributed by atoms with Crippen molar-refractivity contribution in [2.24, 2.45) is 5.92 Å². The van der Waals surface area contributed by atoms with Gasteiger partial charge in [-0.15, -0.1) is 0 Å². The van der Waals surface area contributed by atoms with E-state index in [0.29, 0.717) is 11.1 Å². The average molecular weight is 294 g/mol. The van der Waals surface area contributed by atoms with Crippen LogP contribution in [0.4, 0.5) is 0 Å². The third-order valence-electron chi connectivity index (χ3n) is 3.70. The van der Waals surface area contributed by atoms with Crippen LogP contribution < -0.4 is 0 Å². The maximum absolute atomic E-state index is 11.9. The molecule has 21 heavy (non-hydrogen) atoms. The van der Waals surface area contributed by atoms with Gasteiger partial charge in [0.05, 0.1) is 6.61 Å². The van der Waals surface area contributed by atoms with Crippen molar-refractivity contribution in [2.75, 3.05) is 6.61 Å². The Labute approximate surface area is 122 Å². The monoisotopic (exact) mass is 294 g/mol. The lowest BCUT2D eigenvalue weighted by Gasteiger charge is -2.35. The number of cyclic esters (lactones) is 1. The van der Waals surface area contributed by atoms with Gasteiger partial charge in [0, 0.05) is 24.3 Å². The number of aromatic hydroxyl groups is 2. The second-order valence-corrected chi connectivity index (χ2v) is 5.33. The molecule has 1 aliphatic heterocycles. The number of carbonyl (C=O) groups excluding carboxylic acids is 2. The van der Waals surface area contributed by atoms with Gasteiger partial charge in [0.25, 0.3) is 0 Å². The summed E-state index contributed by atoms with van der Waals surface area (Å²) >= 11 is 0. The average Bonchev–Trinajstić information content (AvgIpc) is 2.42. The van der Waals surface area contributed by atoms with Gasteiger partial charge >= 0.3 is 11.9 Å². The molecule has 6 heteroatoms. The highest BCUT2D eigenvalue weighted by atomic mass is 16.6. The molecular weight excluding hydrogens is 276 g/mol. The number of ether oxygens (including phenoxy) is 2. The molecule has 0 spiro atoms. The third-order valence-corrected chi connectivity index (χ3v) is 3.70. The standard InChI is InChI=1S/C15H18O6/c1-7-4-5-10(13(18)12(7)17)11-8(2)6-20-15(19)14(11)21-9(3)16/h4-5,8,11,14,17-18H,6H2,1-3H3. The molecule has 1 aromatic rings.